The molecule has 11 heteroatoms. The second-order valence-corrected chi connectivity index (χ2v) is 12.3. The molecule has 2 aromatic rings. The Labute approximate surface area is 237 Å². The van der Waals surface area contributed by atoms with Crippen LogP contribution >= 0.6 is 12.4 Å². The minimum Gasteiger partial charge on any atom is -0.497 e. The van der Waals surface area contributed by atoms with Gasteiger partial charge >= 0.3 is 6.09 Å². The molecule has 4 rings (SSSR count). The maximum Gasteiger partial charge on any atom is 0.407 e. The number of ether oxygens (including phenoxy) is 2. The quantitative estimate of drug-likeness (QED) is 0.481. The zero-order valence-electron chi connectivity index (χ0n) is 22.7. The lowest BCUT2D eigenvalue weighted by atomic mass is 9.77. The van der Waals surface area contributed by atoms with Gasteiger partial charge in [-0.2, -0.15) is 0 Å². The first-order valence-corrected chi connectivity index (χ1v) is 14.8. The summed E-state index contributed by atoms with van der Waals surface area (Å²) in [6, 6.07) is 14.3. The highest BCUT2D eigenvalue weighted by molar-refractivity contribution is 7.90. The second kappa shape index (κ2) is 13.0. The fourth-order valence-corrected chi connectivity index (χ4v) is 6.08. The molecule has 214 valence electrons. The lowest BCUT2D eigenvalue weighted by Gasteiger charge is -2.38. The van der Waals surface area contributed by atoms with Crippen molar-refractivity contribution in [3.8, 4) is 5.75 Å². The summed E-state index contributed by atoms with van der Waals surface area (Å²) >= 11 is 0. The lowest BCUT2D eigenvalue weighted by molar-refractivity contribution is -0.138. The fraction of sp³-hybridized carbons (Fsp3) is 0.500. The molecule has 2 aliphatic heterocycles. The summed E-state index contributed by atoms with van der Waals surface area (Å²) in [5, 5.41) is 2.93. The number of benzene rings is 2. The van der Waals surface area contributed by atoms with Gasteiger partial charge < -0.3 is 24.6 Å². The SMILES string of the molecule is COC(=O)NC(CCN1CCC2(CC1)CCN(Cc1ccc(S(C)(=O)=O)cc1)C2=O)c1ccc(OC)cc1.Cl. The molecule has 0 saturated carbocycles. The number of likely N-dealkylation sites (tertiary alicyclic amines) is 2. The van der Waals surface area contributed by atoms with E-state index in [1.54, 1.807) is 31.4 Å². The molecule has 2 aliphatic rings. The predicted octanol–water partition coefficient (Wildman–Crippen LogP) is 3.82. The Hall–Kier alpha value is -2.82. The molecule has 39 heavy (non-hydrogen) atoms. The van der Waals surface area contributed by atoms with Crippen molar-refractivity contribution < 1.29 is 27.5 Å². The van der Waals surface area contributed by atoms with Crippen LogP contribution in [0.3, 0.4) is 0 Å². The van der Waals surface area contributed by atoms with E-state index in [1.165, 1.54) is 13.4 Å². The van der Waals surface area contributed by atoms with E-state index in [9.17, 15) is 18.0 Å². The van der Waals surface area contributed by atoms with Crippen LogP contribution in [0.4, 0.5) is 4.79 Å². The lowest BCUT2D eigenvalue weighted by Crippen LogP contribution is -2.45. The first-order chi connectivity index (χ1) is 18.1. The molecule has 2 aromatic carbocycles. The average molecular weight is 580 g/mol. The molecule has 1 N–H and O–H groups in total. The normalized spacial score (nSPS) is 17.9. The molecule has 1 atom stereocenters. The third-order valence-corrected chi connectivity index (χ3v) is 9.00. The molecule has 0 bridgehead atoms. The highest BCUT2D eigenvalue weighted by Crippen LogP contribution is 2.42. The van der Waals surface area contributed by atoms with Gasteiger partial charge in [-0.1, -0.05) is 24.3 Å². The third-order valence-electron chi connectivity index (χ3n) is 7.87. The van der Waals surface area contributed by atoms with Crippen molar-refractivity contribution in [1.29, 1.82) is 0 Å². The Morgan fingerprint density at radius 3 is 2.18 bits per heavy atom. The van der Waals surface area contributed by atoms with E-state index in [0.29, 0.717) is 6.54 Å². The Kier molecular flexibility index (Phi) is 10.3. The Bertz CT molecular complexity index is 1230. The Morgan fingerprint density at radius 2 is 1.62 bits per heavy atom. The molecular weight excluding hydrogens is 542 g/mol. The van der Waals surface area contributed by atoms with Crippen LogP contribution in [0.1, 0.15) is 42.9 Å². The summed E-state index contributed by atoms with van der Waals surface area (Å²) in [6.07, 6.45) is 3.92. The summed E-state index contributed by atoms with van der Waals surface area (Å²) in [5.41, 5.74) is 1.60. The van der Waals surface area contributed by atoms with Crippen molar-refractivity contribution in [3.63, 3.8) is 0 Å². The van der Waals surface area contributed by atoms with E-state index >= 15 is 0 Å². The van der Waals surface area contributed by atoms with Gasteiger partial charge in [0.15, 0.2) is 9.84 Å². The molecule has 0 aliphatic carbocycles. The number of piperidine rings is 1. The van der Waals surface area contributed by atoms with Crippen molar-refractivity contribution in [3.05, 3.63) is 59.7 Å². The second-order valence-electron chi connectivity index (χ2n) is 10.3. The fourth-order valence-electron chi connectivity index (χ4n) is 5.45. The van der Waals surface area contributed by atoms with E-state index in [4.69, 9.17) is 9.47 Å². The summed E-state index contributed by atoms with van der Waals surface area (Å²) in [4.78, 5) is 29.9. The molecule has 2 saturated heterocycles. The zero-order chi connectivity index (χ0) is 27.3. The number of rotatable bonds is 9. The largest absolute Gasteiger partial charge is 0.497 e. The van der Waals surface area contributed by atoms with Crippen LogP contribution in [-0.4, -0.2) is 76.9 Å². The van der Waals surface area contributed by atoms with E-state index < -0.39 is 15.9 Å². The van der Waals surface area contributed by atoms with Gasteiger partial charge in [0.25, 0.3) is 0 Å². The highest BCUT2D eigenvalue weighted by atomic mass is 35.5. The van der Waals surface area contributed by atoms with Gasteiger partial charge in [-0.3, -0.25) is 4.79 Å². The number of alkyl carbamates (subject to hydrolysis) is 1. The van der Waals surface area contributed by atoms with Crippen molar-refractivity contribution in [2.75, 3.05) is 46.7 Å². The molecule has 0 radical (unpaired) electrons. The summed E-state index contributed by atoms with van der Waals surface area (Å²) in [6.45, 7) is 3.67. The minimum atomic E-state index is -3.24. The monoisotopic (exact) mass is 579 g/mol. The summed E-state index contributed by atoms with van der Waals surface area (Å²) in [5.74, 6) is 0.959. The number of nitrogens with one attached hydrogen (secondary N) is 1. The maximum absolute atomic E-state index is 13.4. The van der Waals surface area contributed by atoms with Gasteiger partial charge in [-0.05, 0) is 74.2 Å². The van der Waals surface area contributed by atoms with E-state index in [0.717, 1.165) is 68.7 Å². The number of carbonyl (C=O) groups is 2. The number of nitrogens with zero attached hydrogens (tertiary/aromatic N) is 2. The van der Waals surface area contributed by atoms with Gasteiger partial charge in [0, 0.05) is 25.9 Å². The highest BCUT2D eigenvalue weighted by Gasteiger charge is 2.47. The third kappa shape index (κ3) is 7.43. The van der Waals surface area contributed by atoms with Gasteiger partial charge in [-0.15, -0.1) is 12.4 Å². The molecular formula is C28H38ClN3O6S. The number of hydrogen-bond donors (Lipinski definition) is 1. The van der Waals surface area contributed by atoms with E-state index in [2.05, 4.69) is 10.2 Å². The van der Waals surface area contributed by atoms with Gasteiger partial charge in [-0.25, -0.2) is 13.2 Å². The van der Waals surface area contributed by atoms with Crippen LogP contribution in [0.25, 0.3) is 0 Å². The minimum absolute atomic E-state index is 0. The van der Waals surface area contributed by atoms with Crippen LogP contribution in [-0.2, 0) is 25.9 Å². The predicted molar refractivity (Wildman–Crippen MR) is 151 cm³/mol. The molecule has 2 fully saturated rings. The first-order valence-electron chi connectivity index (χ1n) is 12.9. The van der Waals surface area contributed by atoms with Crippen LogP contribution in [0, 0.1) is 5.41 Å². The van der Waals surface area contributed by atoms with Crippen LogP contribution in [0.5, 0.6) is 5.75 Å². The number of methoxy groups -OCH3 is 2. The summed E-state index contributed by atoms with van der Waals surface area (Å²) < 4.78 is 33.5. The summed E-state index contributed by atoms with van der Waals surface area (Å²) in [7, 11) is -0.261. The average Bonchev–Trinajstić information content (AvgIpc) is 3.21. The first kappa shape index (κ1) is 30.7. The van der Waals surface area contributed by atoms with Gasteiger partial charge in [0.05, 0.1) is 30.6 Å². The molecule has 0 aromatic heterocycles. The Balaban J connectivity index is 0.00000420. The molecule has 2 amide bonds. The molecule has 1 spiro atoms. The van der Waals surface area contributed by atoms with Gasteiger partial charge in [0.1, 0.15) is 5.75 Å². The van der Waals surface area contributed by atoms with E-state index in [1.807, 2.05) is 29.2 Å². The number of hydrogen-bond acceptors (Lipinski definition) is 7. The Morgan fingerprint density at radius 1 is 1.00 bits per heavy atom. The topological polar surface area (TPSA) is 105 Å². The van der Waals surface area contributed by atoms with Crippen molar-refractivity contribution in [2.24, 2.45) is 5.41 Å². The number of carbonyl (C=O) groups excluding carboxylic acids is 2. The molecule has 1 unspecified atom stereocenters. The molecule has 9 nitrogen and oxygen atoms in total. The smallest absolute Gasteiger partial charge is 0.407 e. The number of sulfone groups is 1. The van der Waals surface area contributed by atoms with Crippen molar-refractivity contribution >= 4 is 34.2 Å². The zero-order valence-corrected chi connectivity index (χ0v) is 24.4. The molecule has 2 heterocycles. The maximum atomic E-state index is 13.4. The van der Waals surface area contributed by atoms with Crippen molar-refractivity contribution in [2.45, 2.75) is 43.2 Å². The van der Waals surface area contributed by atoms with Crippen molar-refractivity contribution in [1.82, 2.24) is 15.1 Å². The van der Waals surface area contributed by atoms with Crippen LogP contribution in [0.2, 0.25) is 0 Å². The van der Waals surface area contributed by atoms with Gasteiger partial charge in [0.2, 0.25) is 5.91 Å². The number of halogens is 1. The standard InChI is InChI=1S/C28H37N3O6S.ClH/c1-36-23-8-6-22(7-9-23)25(29-27(33)37-2)12-16-30-17-13-28(14-18-30)15-19-31(26(28)32)20-21-4-10-24(11-5-21)38(3,34)35;/h4-11,25H,12-20H2,1-3H3,(H,29,33);1H. The van der Waals surface area contributed by atoms with Crippen LogP contribution in [0.15, 0.2) is 53.4 Å². The number of amides is 2. The van der Waals surface area contributed by atoms with E-state index in [-0.39, 0.29) is 34.7 Å². The van der Waals surface area contributed by atoms with Crippen LogP contribution < -0.4 is 10.1 Å².